The summed E-state index contributed by atoms with van der Waals surface area (Å²) in [6.07, 6.45) is 0.504. The molecule has 1 amide bonds. The summed E-state index contributed by atoms with van der Waals surface area (Å²) in [5, 5.41) is 0. The smallest absolute Gasteiger partial charge is 0.223 e. The lowest BCUT2D eigenvalue weighted by atomic mass is 9.91. The first-order valence-electron chi connectivity index (χ1n) is 9.48. The summed E-state index contributed by atoms with van der Waals surface area (Å²) in [5.41, 5.74) is 9.97. The van der Waals surface area contributed by atoms with E-state index in [1.165, 1.54) is 0 Å². The molecule has 4 heteroatoms. The highest BCUT2D eigenvalue weighted by Gasteiger charge is 2.26. The second-order valence-electron chi connectivity index (χ2n) is 8.63. The van der Waals surface area contributed by atoms with Gasteiger partial charge in [-0.15, -0.1) is 0 Å². The highest BCUT2D eigenvalue weighted by atomic mass is 16.2. The van der Waals surface area contributed by atoms with Crippen molar-refractivity contribution in [1.29, 1.82) is 0 Å². The number of benzene rings is 2. The molecule has 27 heavy (non-hydrogen) atoms. The number of nitrogens with two attached hydrogens (primary N) is 1. The van der Waals surface area contributed by atoms with E-state index in [4.69, 9.17) is 5.73 Å². The first-order valence-corrected chi connectivity index (χ1v) is 9.48. The summed E-state index contributed by atoms with van der Waals surface area (Å²) in [4.78, 5) is 17.3. The molecule has 0 bridgehead atoms. The van der Waals surface area contributed by atoms with Crippen molar-refractivity contribution in [3.63, 3.8) is 0 Å². The molecule has 4 nitrogen and oxygen atoms in total. The molecule has 0 saturated carbocycles. The average Bonchev–Trinajstić information content (AvgIpc) is 2.58. The van der Waals surface area contributed by atoms with Crippen LogP contribution in [0.1, 0.15) is 51.3 Å². The average molecular weight is 368 g/mol. The normalized spacial score (nSPS) is 12.5. The Morgan fingerprint density at radius 2 is 1.70 bits per heavy atom. The van der Waals surface area contributed by atoms with Gasteiger partial charge in [-0.2, -0.15) is 0 Å². The van der Waals surface area contributed by atoms with Crippen molar-refractivity contribution in [1.82, 2.24) is 4.90 Å². The Hall–Kier alpha value is -2.49. The molecule has 0 heterocycles. The van der Waals surface area contributed by atoms with E-state index in [-0.39, 0.29) is 17.4 Å². The van der Waals surface area contributed by atoms with Crippen molar-refractivity contribution in [3.05, 3.63) is 59.7 Å². The van der Waals surface area contributed by atoms with Crippen LogP contribution in [0.15, 0.2) is 48.5 Å². The van der Waals surface area contributed by atoms with Crippen molar-refractivity contribution >= 4 is 17.3 Å². The highest BCUT2D eigenvalue weighted by molar-refractivity contribution is 5.77. The first-order chi connectivity index (χ1) is 12.6. The molecule has 0 saturated heterocycles. The van der Waals surface area contributed by atoms with E-state index in [0.717, 1.165) is 16.8 Å². The van der Waals surface area contributed by atoms with E-state index in [0.29, 0.717) is 18.7 Å². The summed E-state index contributed by atoms with van der Waals surface area (Å²) in [5.74, 6) is 0.158. The third-order valence-corrected chi connectivity index (χ3v) is 4.68. The van der Waals surface area contributed by atoms with E-state index in [1.807, 2.05) is 55.4 Å². The zero-order chi connectivity index (χ0) is 20.2. The zero-order valence-corrected chi connectivity index (χ0v) is 17.5. The van der Waals surface area contributed by atoms with Gasteiger partial charge in [-0.05, 0) is 41.7 Å². The van der Waals surface area contributed by atoms with Crippen molar-refractivity contribution in [2.45, 2.75) is 46.7 Å². The van der Waals surface area contributed by atoms with Gasteiger partial charge in [0.15, 0.2) is 0 Å². The molecule has 0 aliphatic heterocycles. The second kappa shape index (κ2) is 8.47. The van der Waals surface area contributed by atoms with Gasteiger partial charge in [-0.3, -0.25) is 4.79 Å². The molecule has 0 unspecified atom stereocenters. The van der Waals surface area contributed by atoms with Crippen LogP contribution in [0.25, 0.3) is 0 Å². The van der Waals surface area contributed by atoms with Crippen LogP contribution in [0.4, 0.5) is 11.4 Å². The molecule has 0 aliphatic rings. The molecular weight excluding hydrogens is 334 g/mol. The summed E-state index contributed by atoms with van der Waals surface area (Å²) >= 11 is 0. The van der Waals surface area contributed by atoms with E-state index in [1.54, 1.807) is 0 Å². The number of nitrogen functional groups attached to an aromatic ring is 1. The third-order valence-electron chi connectivity index (χ3n) is 4.68. The van der Waals surface area contributed by atoms with Gasteiger partial charge in [-0.25, -0.2) is 0 Å². The number of hydrogen-bond acceptors (Lipinski definition) is 3. The predicted octanol–water partition coefficient (Wildman–Crippen LogP) is 4.86. The Labute approximate surface area is 164 Å². The maximum absolute atomic E-state index is 13.2. The van der Waals surface area contributed by atoms with Crippen molar-refractivity contribution in [2.24, 2.45) is 5.41 Å². The maximum atomic E-state index is 13.2. The molecule has 2 aromatic carbocycles. The SMILES string of the molecule is C[C@@H](c1ccccc1)N(Cc1cc(N)ccc1N(C)C)C(=O)CC(C)(C)C. The number of carbonyl (C=O) groups excluding carboxylic acids is 1. The topological polar surface area (TPSA) is 49.6 Å². The minimum Gasteiger partial charge on any atom is -0.399 e. The lowest BCUT2D eigenvalue weighted by Gasteiger charge is -2.33. The Balaban J connectivity index is 2.41. The Kier molecular flexibility index (Phi) is 6.53. The standard InChI is InChI=1S/C23H33N3O/c1-17(18-10-8-7-9-11-18)26(22(27)15-23(2,3)4)16-19-14-20(24)12-13-21(19)25(5)6/h7-14,17H,15-16,24H2,1-6H3/t17-/m0/s1. The molecule has 2 rings (SSSR count). The van der Waals surface area contributed by atoms with Crippen molar-refractivity contribution in [3.8, 4) is 0 Å². The lowest BCUT2D eigenvalue weighted by Crippen LogP contribution is -2.35. The van der Waals surface area contributed by atoms with Gasteiger partial charge in [0.25, 0.3) is 0 Å². The Morgan fingerprint density at radius 3 is 2.26 bits per heavy atom. The van der Waals surface area contributed by atoms with Crippen LogP contribution < -0.4 is 10.6 Å². The van der Waals surface area contributed by atoms with Crippen LogP contribution in [0.2, 0.25) is 0 Å². The number of anilines is 2. The molecule has 2 aromatic rings. The monoisotopic (exact) mass is 367 g/mol. The summed E-state index contributed by atoms with van der Waals surface area (Å²) in [6.45, 7) is 8.92. The molecule has 2 N–H and O–H groups in total. The number of carbonyl (C=O) groups is 1. The number of amides is 1. The lowest BCUT2D eigenvalue weighted by molar-refractivity contribution is -0.136. The minimum absolute atomic E-state index is 0.0162. The molecule has 0 aliphatic carbocycles. The maximum Gasteiger partial charge on any atom is 0.223 e. The van der Waals surface area contributed by atoms with E-state index in [2.05, 4.69) is 44.7 Å². The molecule has 0 radical (unpaired) electrons. The largest absolute Gasteiger partial charge is 0.399 e. The highest BCUT2D eigenvalue weighted by Crippen LogP contribution is 2.30. The Bertz CT molecular complexity index is 763. The van der Waals surface area contributed by atoms with Gasteiger partial charge in [0.05, 0.1) is 6.04 Å². The van der Waals surface area contributed by atoms with E-state index in [9.17, 15) is 4.79 Å². The first kappa shape index (κ1) is 20.8. The fraction of sp³-hybridized carbons (Fsp3) is 0.435. The Morgan fingerprint density at radius 1 is 1.07 bits per heavy atom. The summed E-state index contributed by atoms with van der Waals surface area (Å²) < 4.78 is 0. The summed E-state index contributed by atoms with van der Waals surface area (Å²) in [7, 11) is 4.02. The molecule has 0 aromatic heterocycles. The van der Waals surface area contributed by atoms with Crippen LogP contribution in [0, 0.1) is 5.41 Å². The number of hydrogen-bond donors (Lipinski definition) is 1. The van der Waals surface area contributed by atoms with Crippen molar-refractivity contribution in [2.75, 3.05) is 24.7 Å². The van der Waals surface area contributed by atoms with Crippen LogP contribution in [-0.4, -0.2) is 24.9 Å². The zero-order valence-electron chi connectivity index (χ0n) is 17.5. The predicted molar refractivity (Wildman–Crippen MR) is 115 cm³/mol. The molecule has 1 atom stereocenters. The fourth-order valence-electron chi connectivity index (χ4n) is 3.26. The van der Waals surface area contributed by atoms with Gasteiger partial charge in [0, 0.05) is 38.4 Å². The van der Waals surface area contributed by atoms with Crippen LogP contribution in [0.5, 0.6) is 0 Å². The minimum atomic E-state index is -0.0637. The van der Waals surface area contributed by atoms with E-state index >= 15 is 0 Å². The van der Waals surface area contributed by atoms with Gasteiger partial charge in [0.2, 0.25) is 5.91 Å². The number of rotatable bonds is 6. The quantitative estimate of drug-likeness (QED) is 0.742. The van der Waals surface area contributed by atoms with Gasteiger partial charge in [-0.1, -0.05) is 51.1 Å². The summed E-state index contributed by atoms with van der Waals surface area (Å²) in [6, 6.07) is 16.1. The van der Waals surface area contributed by atoms with Gasteiger partial charge < -0.3 is 15.5 Å². The van der Waals surface area contributed by atoms with Gasteiger partial charge >= 0.3 is 0 Å². The van der Waals surface area contributed by atoms with E-state index < -0.39 is 0 Å². The third kappa shape index (κ3) is 5.75. The van der Waals surface area contributed by atoms with Crippen LogP contribution >= 0.6 is 0 Å². The molecule has 0 fully saturated rings. The van der Waals surface area contributed by atoms with Crippen LogP contribution in [-0.2, 0) is 11.3 Å². The van der Waals surface area contributed by atoms with Gasteiger partial charge in [0.1, 0.15) is 0 Å². The second-order valence-corrected chi connectivity index (χ2v) is 8.63. The molecule has 0 spiro atoms. The molecular formula is C23H33N3O. The number of nitrogens with zero attached hydrogens (tertiary/aromatic N) is 2. The van der Waals surface area contributed by atoms with Crippen LogP contribution in [0.3, 0.4) is 0 Å². The fourth-order valence-corrected chi connectivity index (χ4v) is 3.26. The van der Waals surface area contributed by atoms with Crippen molar-refractivity contribution < 1.29 is 4.79 Å². The molecule has 146 valence electrons.